The lowest BCUT2D eigenvalue weighted by atomic mass is 9.74. The van der Waals surface area contributed by atoms with Crippen LogP contribution in [0.15, 0.2) is 24.3 Å². The highest BCUT2D eigenvalue weighted by atomic mass is 16.1. The molecule has 0 saturated carbocycles. The van der Waals surface area contributed by atoms with Gasteiger partial charge in [0.2, 0.25) is 0 Å². The fourth-order valence-corrected chi connectivity index (χ4v) is 2.94. The highest BCUT2D eigenvalue weighted by molar-refractivity contribution is 6.05. The standard InChI is InChI=1S/C14H21NO/c1-11-12(16)7-8-14(2,3)13(11)15-9-5-4-6-10-15/h7-8,13H,1,4-6,9-10H2,2-3H3. The maximum atomic E-state index is 11.7. The lowest BCUT2D eigenvalue weighted by molar-refractivity contribution is -0.113. The van der Waals surface area contributed by atoms with E-state index in [1.54, 1.807) is 6.08 Å². The molecule has 0 aromatic carbocycles. The number of rotatable bonds is 1. The van der Waals surface area contributed by atoms with E-state index in [2.05, 4.69) is 25.3 Å². The van der Waals surface area contributed by atoms with E-state index < -0.39 is 0 Å². The van der Waals surface area contributed by atoms with Crippen LogP contribution in [0.2, 0.25) is 0 Å². The molecule has 2 heteroatoms. The van der Waals surface area contributed by atoms with Crippen molar-refractivity contribution in [2.24, 2.45) is 5.41 Å². The number of allylic oxidation sites excluding steroid dienone is 1. The summed E-state index contributed by atoms with van der Waals surface area (Å²) in [5, 5.41) is 0. The van der Waals surface area contributed by atoms with Crippen molar-refractivity contribution in [2.75, 3.05) is 13.1 Å². The molecule has 2 nitrogen and oxygen atoms in total. The molecule has 1 saturated heterocycles. The molecule has 1 atom stereocenters. The van der Waals surface area contributed by atoms with Gasteiger partial charge in [-0.05, 0) is 32.0 Å². The second kappa shape index (κ2) is 4.17. The summed E-state index contributed by atoms with van der Waals surface area (Å²) in [6, 6.07) is 0.199. The molecule has 2 aliphatic rings. The Labute approximate surface area is 98.0 Å². The van der Waals surface area contributed by atoms with Crippen LogP contribution in [0.5, 0.6) is 0 Å². The Morgan fingerprint density at radius 2 is 1.94 bits per heavy atom. The summed E-state index contributed by atoms with van der Waals surface area (Å²) >= 11 is 0. The number of carbonyl (C=O) groups excluding carboxylic acids is 1. The van der Waals surface area contributed by atoms with E-state index >= 15 is 0 Å². The third-order valence-corrected chi connectivity index (χ3v) is 3.77. The average Bonchev–Trinajstić information content (AvgIpc) is 2.26. The molecule has 1 aliphatic heterocycles. The number of carbonyl (C=O) groups is 1. The van der Waals surface area contributed by atoms with Crippen LogP contribution in [0.4, 0.5) is 0 Å². The first-order chi connectivity index (χ1) is 7.52. The van der Waals surface area contributed by atoms with Crippen LogP contribution in [0.25, 0.3) is 0 Å². The van der Waals surface area contributed by atoms with E-state index in [1.807, 2.05) is 6.08 Å². The average molecular weight is 219 g/mol. The number of piperidine rings is 1. The highest BCUT2D eigenvalue weighted by Crippen LogP contribution is 2.36. The number of nitrogens with zero attached hydrogens (tertiary/aromatic N) is 1. The van der Waals surface area contributed by atoms with Gasteiger partial charge in [-0.3, -0.25) is 9.69 Å². The van der Waals surface area contributed by atoms with Gasteiger partial charge >= 0.3 is 0 Å². The molecule has 1 fully saturated rings. The van der Waals surface area contributed by atoms with Crippen LogP contribution in [0.1, 0.15) is 33.1 Å². The summed E-state index contributed by atoms with van der Waals surface area (Å²) in [4.78, 5) is 14.2. The lowest BCUT2D eigenvalue weighted by Gasteiger charge is -2.44. The molecule has 1 aliphatic carbocycles. The van der Waals surface area contributed by atoms with Gasteiger partial charge in [0, 0.05) is 17.0 Å². The van der Waals surface area contributed by atoms with E-state index in [0.29, 0.717) is 0 Å². The topological polar surface area (TPSA) is 20.3 Å². The van der Waals surface area contributed by atoms with Gasteiger partial charge in [0.1, 0.15) is 0 Å². The van der Waals surface area contributed by atoms with Crippen LogP contribution >= 0.6 is 0 Å². The molecular formula is C14H21NO. The first-order valence-electron chi connectivity index (χ1n) is 6.19. The van der Waals surface area contributed by atoms with Crippen LogP contribution < -0.4 is 0 Å². The first kappa shape index (κ1) is 11.6. The number of ketones is 1. The summed E-state index contributed by atoms with van der Waals surface area (Å²) in [6.45, 7) is 10.6. The van der Waals surface area contributed by atoms with Crippen molar-refractivity contribution in [3.05, 3.63) is 24.3 Å². The maximum absolute atomic E-state index is 11.7. The van der Waals surface area contributed by atoms with Gasteiger partial charge in [-0.1, -0.05) is 32.9 Å². The Hall–Kier alpha value is -0.890. The number of hydrogen-bond acceptors (Lipinski definition) is 2. The van der Waals surface area contributed by atoms with Crippen LogP contribution in [-0.4, -0.2) is 29.8 Å². The predicted octanol–water partition coefficient (Wildman–Crippen LogP) is 2.56. The SMILES string of the molecule is C=C1C(=O)C=CC(C)(C)C1N1CCCCC1. The minimum absolute atomic E-state index is 0.0301. The van der Waals surface area contributed by atoms with Crippen molar-refractivity contribution in [1.82, 2.24) is 4.90 Å². The summed E-state index contributed by atoms with van der Waals surface area (Å²) < 4.78 is 0. The Morgan fingerprint density at radius 3 is 2.56 bits per heavy atom. The second-order valence-electron chi connectivity index (χ2n) is 5.54. The molecule has 2 rings (SSSR count). The number of hydrogen-bond donors (Lipinski definition) is 0. The summed E-state index contributed by atoms with van der Waals surface area (Å²) in [7, 11) is 0. The van der Waals surface area contributed by atoms with E-state index in [1.165, 1.54) is 19.3 Å². The molecule has 16 heavy (non-hydrogen) atoms. The summed E-state index contributed by atoms with van der Waals surface area (Å²) in [5.41, 5.74) is 0.803. The third-order valence-electron chi connectivity index (χ3n) is 3.77. The van der Waals surface area contributed by atoms with E-state index in [4.69, 9.17) is 0 Å². The molecule has 1 heterocycles. The van der Waals surface area contributed by atoms with Gasteiger partial charge < -0.3 is 0 Å². The van der Waals surface area contributed by atoms with Crippen LogP contribution in [-0.2, 0) is 4.79 Å². The van der Waals surface area contributed by atoms with Gasteiger partial charge in [0.15, 0.2) is 5.78 Å². The zero-order chi connectivity index (χ0) is 11.8. The van der Waals surface area contributed by atoms with Crippen molar-refractivity contribution < 1.29 is 4.79 Å². The largest absolute Gasteiger partial charge is 0.295 e. The Bertz CT molecular complexity index is 335. The first-order valence-corrected chi connectivity index (χ1v) is 6.19. The smallest absolute Gasteiger partial charge is 0.182 e. The zero-order valence-electron chi connectivity index (χ0n) is 10.3. The normalized spacial score (nSPS) is 30.8. The van der Waals surface area contributed by atoms with Crippen LogP contribution in [0, 0.1) is 5.41 Å². The molecule has 1 unspecified atom stereocenters. The van der Waals surface area contributed by atoms with Crippen molar-refractivity contribution in [2.45, 2.75) is 39.2 Å². The van der Waals surface area contributed by atoms with Gasteiger partial charge in [-0.2, -0.15) is 0 Å². The zero-order valence-corrected chi connectivity index (χ0v) is 10.3. The van der Waals surface area contributed by atoms with Gasteiger partial charge in [-0.25, -0.2) is 0 Å². The van der Waals surface area contributed by atoms with E-state index in [9.17, 15) is 4.79 Å². The fraction of sp³-hybridized carbons (Fsp3) is 0.643. The van der Waals surface area contributed by atoms with Gasteiger partial charge in [0.05, 0.1) is 0 Å². The summed E-state index contributed by atoms with van der Waals surface area (Å²) in [6.07, 6.45) is 7.54. The molecule has 0 amide bonds. The molecule has 0 spiro atoms. The molecule has 0 aromatic heterocycles. The molecule has 88 valence electrons. The highest BCUT2D eigenvalue weighted by Gasteiger charge is 2.39. The fourth-order valence-electron chi connectivity index (χ4n) is 2.94. The monoisotopic (exact) mass is 219 g/mol. The van der Waals surface area contributed by atoms with E-state index in [0.717, 1.165) is 18.7 Å². The lowest BCUT2D eigenvalue weighted by Crippen LogP contribution is -2.50. The Kier molecular flexibility index (Phi) is 3.02. The second-order valence-corrected chi connectivity index (χ2v) is 5.54. The van der Waals surface area contributed by atoms with E-state index in [-0.39, 0.29) is 17.2 Å². The molecule has 0 bridgehead atoms. The minimum Gasteiger partial charge on any atom is -0.295 e. The van der Waals surface area contributed by atoms with Crippen molar-refractivity contribution >= 4 is 5.78 Å². The third kappa shape index (κ3) is 1.99. The quantitative estimate of drug-likeness (QED) is 0.632. The van der Waals surface area contributed by atoms with Gasteiger partial charge in [-0.15, -0.1) is 0 Å². The van der Waals surface area contributed by atoms with Crippen LogP contribution in [0.3, 0.4) is 0 Å². The van der Waals surface area contributed by atoms with Crippen molar-refractivity contribution in [1.29, 1.82) is 0 Å². The summed E-state index contributed by atoms with van der Waals surface area (Å²) in [5.74, 6) is 0.106. The minimum atomic E-state index is 0.0301. The molecular weight excluding hydrogens is 198 g/mol. The Balaban J connectivity index is 2.25. The van der Waals surface area contributed by atoms with Crippen molar-refractivity contribution in [3.8, 4) is 0 Å². The molecule has 0 radical (unpaired) electrons. The van der Waals surface area contributed by atoms with Gasteiger partial charge in [0.25, 0.3) is 0 Å². The molecule has 0 aromatic rings. The molecule has 0 N–H and O–H groups in total. The van der Waals surface area contributed by atoms with Crippen molar-refractivity contribution in [3.63, 3.8) is 0 Å². The number of likely N-dealkylation sites (tertiary alicyclic amines) is 1. The predicted molar refractivity (Wildman–Crippen MR) is 66.3 cm³/mol. The maximum Gasteiger partial charge on any atom is 0.182 e. The Morgan fingerprint density at radius 1 is 1.31 bits per heavy atom.